The van der Waals surface area contributed by atoms with E-state index in [-0.39, 0.29) is 0 Å². The van der Waals surface area contributed by atoms with Crippen LogP contribution in [0.5, 0.6) is 0 Å². The third-order valence-electron chi connectivity index (χ3n) is 3.06. The van der Waals surface area contributed by atoms with Crippen molar-refractivity contribution in [2.75, 3.05) is 42.7 Å². The Balaban J connectivity index is 2.24. The van der Waals surface area contributed by atoms with Gasteiger partial charge in [0.2, 0.25) is 5.95 Å². The van der Waals surface area contributed by atoms with Gasteiger partial charge in [-0.2, -0.15) is 9.97 Å². The summed E-state index contributed by atoms with van der Waals surface area (Å²) in [5.41, 5.74) is 5.74. The summed E-state index contributed by atoms with van der Waals surface area (Å²) >= 11 is 0. The molecular weight excluding hydrogens is 214 g/mol. The van der Waals surface area contributed by atoms with Gasteiger partial charge in [-0.05, 0) is 12.3 Å². The van der Waals surface area contributed by atoms with Gasteiger partial charge in [0.05, 0.1) is 0 Å². The Labute approximate surface area is 102 Å². The van der Waals surface area contributed by atoms with E-state index in [2.05, 4.69) is 21.4 Å². The quantitative estimate of drug-likeness (QED) is 0.793. The molecule has 0 radical (unpaired) electrons. The van der Waals surface area contributed by atoms with Gasteiger partial charge in [0.15, 0.2) is 0 Å². The first-order chi connectivity index (χ1) is 8.10. The lowest BCUT2D eigenvalue weighted by molar-refractivity contribution is 0.740. The van der Waals surface area contributed by atoms with Gasteiger partial charge >= 0.3 is 0 Å². The second-order valence-electron chi connectivity index (χ2n) is 4.57. The molecule has 1 atom stereocenters. The Hall–Kier alpha value is -1.78. The molecule has 2 heterocycles. The Morgan fingerprint density at radius 3 is 2.88 bits per heavy atom. The first-order valence-electron chi connectivity index (χ1n) is 5.79. The highest BCUT2D eigenvalue weighted by Crippen LogP contribution is 2.25. The second-order valence-corrected chi connectivity index (χ2v) is 4.57. The first-order valence-corrected chi connectivity index (χ1v) is 5.79. The fourth-order valence-electron chi connectivity index (χ4n) is 2.02. The van der Waals surface area contributed by atoms with Crippen LogP contribution in [0.4, 0.5) is 17.6 Å². The number of nitrogen functional groups attached to an aromatic ring is 1. The molecule has 17 heavy (non-hydrogen) atoms. The zero-order chi connectivity index (χ0) is 12.4. The van der Waals surface area contributed by atoms with Crippen LogP contribution in [-0.4, -0.2) is 37.2 Å². The summed E-state index contributed by atoms with van der Waals surface area (Å²) in [5, 5.41) is 0. The SMILES string of the molecule is C=CC1CCN(c2cc(N(C)C)nc(N)n2)C1. The first kappa shape index (κ1) is 11.7. The molecule has 2 rings (SSSR count). The topological polar surface area (TPSA) is 58.3 Å². The van der Waals surface area contributed by atoms with E-state index in [1.54, 1.807) is 0 Å². The monoisotopic (exact) mass is 233 g/mol. The van der Waals surface area contributed by atoms with E-state index in [4.69, 9.17) is 5.73 Å². The number of aromatic nitrogens is 2. The van der Waals surface area contributed by atoms with Crippen molar-refractivity contribution in [1.82, 2.24) is 9.97 Å². The van der Waals surface area contributed by atoms with E-state index in [0.29, 0.717) is 11.9 Å². The summed E-state index contributed by atoms with van der Waals surface area (Å²) in [7, 11) is 3.89. The van der Waals surface area contributed by atoms with Crippen LogP contribution in [0.25, 0.3) is 0 Å². The van der Waals surface area contributed by atoms with Gasteiger partial charge in [-0.15, -0.1) is 6.58 Å². The standard InChI is InChI=1S/C12H19N5/c1-4-9-5-6-17(8-9)11-7-10(16(2)3)14-12(13)15-11/h4,7,9H,1,5-6,8H2,2-3H3,(H2,13,14,15). The summed E-state index contributed by atoms with van der Waals surface area (Å²) in [5.74, 6) is 2.63. The number of nitrogens with zero attached hydrogens (tertiary/aromatic N) is 4. The van der Waals surface area contributed by atoms with Crippen molar-refractivity contribution < 1.29 is 0 Å². The van der Waals surface area contributed by atoms with Gasteiger partial charge < -0.3 is 15.5 Å². The Bertz CT molecular complexity index is 415. The maximum Gasteiger partial charge on any atom is 0.223 e. The summed E-state index contributed by atoms with van der Waals surface area (Å²) in [6, 6.07) is 1.97. The lowest BCUT2D eigenvalue weighted by Crippen LogP contribution is -2.22. The van der Waals surface area contributed by atoms with Gasteiger partial charge in [-0.3, -0.25) is 0 Å². The molecule has 0 aromatic carbocycles. The zero-order valence-corrected chi connectivity index (χ0v) is 10.4. The molecule has 1 aromatic rings. The zero-order valence-electron chi connectivity index (χ0n) is 10.4. The fourth-order valence-corrected chi connectivity index (χ4v) is 2.02. The maximum atomic E-state index is 5.74. The van der Waals surface area contributed by atoms with Crippen LogP contribution in [0, 0.1) is 5.92 Å². The van der Waals surface area contributed by atoms with Crippen LogP contribution < -0.4 is 15.5 Å². The van der Waals surface area contributed by atoms with Crippen molar-refractivity contribution >= 4 is 17.6 Å². The van der Waals surface area contributed by atoms with E-state index in [9.17, 15) is 0 Å². The third kappa shape index (κ3) is 2.49. The van der Waals surface area contributed by atoms with E-state index >= 15 is 0 Å². The highest BCUT2D eigenvalue weighted by molar-refractivity contribution is 5.53. The summed E-state index contributed by atoms with van der Waals surface area (Å²) in [4.78, 5) is 12.7. The van der Waals surface area contributed by atoms with Crippen molar-refractivity contribution in [1.29, 1.82) is 0 Å². The largest absolute Gasteiger partial charge is 0.368 e. The molecule has 2 N–H and O–H groups in total. The molecule has 0 amide bonds. The molecule has 0 spiro atoms. The highest BCUT2D eigenvalue weighted by atomic mass is 15.2. The molecule has 1 fully saturated rings. The number of hydrogen-bond acceptors (Lipinski definition) is 5. The van der Waals surface area contributed by atoms with Crippen LogP contribution >= 0.6 is 0 Å². The van der Waals surface area contributed by atoms with Crippen LogP contribution in [0.15, 0.2) is 18.7 Å². The Kier molecular flexibility index (Phi) is 3.17. The molecule has 5 nitrogen and oxygen atoms in total. The van der Waals surface area contributed by atoms with E-state index in [1.165, 1.54) is 0 Å². The molecule has 1 saturated heterocycles. The van der Waals surface area contributed by atoms with Crippen molar-refractivity contribution in [3.05, 3.63) is 18.7 Å². The molecular formula is C12H19N5. The number of rotatable bonds is 3. The molecule has 1 aliphatic heterocycles. The fraction of sp³-hybridized carbons (Fsp3) is 0.500. The van der Waals surface area contributed by atoms with Gasteiger partial charge in [-0.1, -0.05) is 6.08 Å². The summed E-state index contributed by atoms with van der Waals surface area (Å²) < 4.78 is 0. The number of nitrogens with two attached hydrogens (primary N) is 1. The summed E-state index contributed by atoms with van der Waals surface area (Å²) in [6.07, 6.45) is 3.14. The summed E-state index contributed by atoms with van der Waals surface area (Å²) in [6.45, 7) is 5.81. The van der Waals surface area contributed by atoms with Gasteiger partial charge in [0.25, 0.3) is 0 Å². The minimum absolute atomic E-state index is 0.327. The predicted molar refractivity (Wildman–Crippen MR) is 71.3 cm³/mol. The van der Waals surface area contributed by atoms with E-state index in [0.717, 1.165) is 31.1 Å². The molecule has 1 aromatic heterocycles. The van der Waals surface area contributed by atoms with Crippen LogP contribution in [-0.2, 0) is 0 Å². The van der Waals surface area contributed by atoms with Crippen molar-refractivity contribution in [2.24, 2.45) is 5.92 Å². The normalized spacial score (nSPS) is 19.4. The van der Waals surface area contributed by atoms with Crippen LogP contribution in [0.2, 0.25) is 0 Å². The minimum Gasteiger partial charge on any atom is -0.368 e. The van der Waals surface area contributed by atoms with Crippen molar-refractivity contribution in [3.8, 4) is 0 Å². The van der Waals surface area contributed by atoms with Gasteiger partial charge in [-0.25, -0.2) is 0 Å². The third-order valence-corrected chi connectivity index (χ3v) is 3.06. The molecule has 1 unspecified atom stereocenters. The average Bonchev–Trinajstić information content (AvgIpc) is 2.76. The van der Waals surface area contributed by atoms with Gasteiger partial charge in [0, 0.05) is 33.3 Å². The minimum atomic E-state index is 0.327. The lowest BCUT2D eigenvalue weighted by atomic mass is 10.1. The Morgan fingerprint density at radius 1 is 1.53 bits per heavy atom. The van der Waals surface area contributed by atoms with E-state index in [1.807, 2.05) is 31.1 Å². The molecule has 0 saturated carbocycles. The van der Waals surface area contributed by atoms with Crippen LogP contribution in [0.1, 0.15) is 6.42 Å². The molecule has 0 aliphatic carbocycles. The average molecular weight is 233 g/mol. The maximum absolute atomic E-state index is 5.74. The van der Waals surface area contributed by atoms with Crippen molar-refractivity contribution in [3.63, 3.8) is 0 Å². The Morgan fingerprint density at radius 2 is 2.29 bits per heavy atom. The van der Waals surface area contributed by atoms with Crippen LogP contribution in [0.3, 0.4) is 0 Å². The lowest BCUT2D eigenvalue weighted by Gasteiger charge is -2.19. The van der Waals surface area contributed by atoms with Crippen molar-refractivity contribution in [2.45, 2.75) is 6.42 Å². The molecule has 92 valence electrons. The number of anilines is 3. The predicted octanol–water partition coefficient (Wildman–Crippen LogP) is 1.14. The van der Waals surface area contributed by atoms with E-state index < -0.39 is 0 Å². The number of hydrogen-bond donors (Lipinski definition) is 1. The second kappa shape index (κ2) is 4.61. The molecule has 0 bridgehead atoms. The van der Waals surface area contributed by atoms with Gasteiger partial charge in [0.1, 0.15) is 11.6 Å². The molecule has 1 aliphatic rings. The smallest absolute Gasteiger partial charge is 0.223 e. The molecule has 5 heteroatoms. The highest BCUT2D eigenvalue weighted by Gasteiger charge is 2.22.